The number of aliphatic hydroxyl groups excluding tert-OH is 1. The lowest BCUT2D eigenvalue weighted by molar-refractivity contribution is 0.0720. The van der Waals surface area contributed by atoms with E-state index in [1.54, 1.807) is 6.07 Å². The first kappa shape index (κ1) is 15.4. The highest BCUT2D eigenvalue weighted by molar-refractivity contribution is 5.19. The van der Waals surface area contributed by atoms with E-state index in [0.717, 1.165) is 37.7 Å². The van der Waals surface area contributed by atoms with Crippen LogP contribution in [0.3, 0.4) is 0 Å². The van der Waals surface area contributed by atoms with Crippen molar-refractivity contribution in [2.75, 3.05) is 0 Å². The second-order valence-electron chi connectivity index (χ2n) is 6.05. The van der Waals surface area contributed by atoms with Crippen molar-refractivity contribution < 1.29 is 13.9 Å². The third kappa shape index (κ3) is 3.78. The standard InChI is InChI=1S/C17H24F2O/c1-2-4-12-7-9-13(10-8-12)16(20)11-14-5-3-6-15(18)17(14)19/h3,5-6,12-13,16,20H,2,4,7-11H2,1H3. The number of benzene rings is 1. The lowest BCUT2D eigenvalue weighted by Crippen LogP contribution is -2.27. The third-order valence-corrected chi connectivity index (χ3v) is 4.59. The van der Waals surface area contributed by atoms with E-state index in [9.17, 15) is 13.9 Å². The van der Waals surface area contributed by atoms with E-state index in [0.29, 0.717) is 0 Å². The van der Waals surface area contributed by atoms with Gasteiger partial charge in [-0.3, -0.25) is 0 Å². The van der Waals surface area contributed by atoms with Crippen LogP contribution in [0.2, 0.25) is 0 Å². The van der Waals surface area contributed by atoms with Gasteiger partial charge in [0.15, 0.2) is 11.6 Å². The van der Waals surface area contributed by atoms with Gasteiger partial charge < -0.3 is 5.11 Å². The Morgan fingerprint density at radius 2 is 1.90 bits per heavy atom. The predicted molar refractivity (Wildman–Crippen MR) is 76.4 cm³/mol. The summed E-state index contributed by atoms with van der Waals surface area (Å²) in [4.78, 5) is 0. The zero-order valence-electron chi connectivity index (χ0n) is 12.1. The van der Waals surface area contributed by atoms with Crippen LogP contribution in [0, 0.1) is 23.5 Å². The minimum Gasteiger partial charge on any atom is -0.392 e. The molecule has 1 aromatic carbocycles. The Balaban J connectivity index is 1.89. The number of rotatable bonds is 5. The number of hydrogen-bond acceptors (Lipinski definition) is 1. The highest BCUT2D eigenvalue weighted by Crippen LogP contribution is 2.34. The van der Waals surface area contributed by atoms with Gasteiger partial charge in [-0.25, -0.2) is 8.78 Å². The molecule has 1 aliphatic rings. The summed E-state index contributed by atoms with van der Waals surface area (Å²) in [5.41, 5.74) is 0.285. The fourth-order valence-corrected chi connectivity index (χ4v) is 3.37. The molecule has 2 rings (SSSR count). The van der Waals surface area contributed by atoms with E-state index in [4.69, 9.17) is 0 Å². The predicted octanol–water partition coefficient (Wildman–Crippen LogP) is 4.47. The van der Waals surface area contributed by atoms with Gasteiger partial charge in [-0.2, -0.15) is 0 Å². The maximum absolute atomic E-state index is 13.6. The summed E-state index contributed by atoms with van der Waals surface area (Å²) < 4.78 is 26.8. The number of aliphatic hydroxyl groups is 1. The van der Waals surface area contributed by atoms with E-state index < -0.39 is 17.7 Å². The molecule has 1 aromatic rings. The first-order valence-electron chi connectivity index (χ1n) is 7.72. The maximum atomic E-state index is 13.6. The quantitative estimate of drug-likeness (QED) is 0.844. The molecule has 1 N–H and O–H groups in total. The summed E-state index contributed by atoms with van der Waals surface area (Å²) in [6.45, 7) is 2.20. The highest BCUT2D eigenvalue weighted by atomic mass is 19.2. The molecule has 1 atom stereocenters. The largest absolute Gasteiger partial charge is 0.392 e. The highest BCUT2D eigenvalue weighted by Gasteiger charge is 2.26. The van der Waals surface area contributed by atoms with Crippen molar-refractivity contribution in [1.29, 1.82) is 0 Å². The van der Waals surface area contributed by atoms with Gasteiger partial charge in [0.05, 0.1) is 6.10 Å². The molecule has 0 radical (unpaired) electrons. The first-order chi connectivity index (χ1) is 9.61. The zero-order chi connectivity index (χ0) is 14.5. The van der Waals surface area contributed by atoms with Gasteiger partial charge in [0.2, 0.25) is 0 Å². The normalized spacial score (nSPS) is 24.6. The van der Waals surface area contributed by atoms with Gasteiger partial charge in [0.1, 0.15) is 0 Å². The van der Waals surface area contributed by atoms with E-state index in [-0.39, 0.29) is 17.9 Å². The number of halogens is 2. The van der Waals surface area contributed by atoms with E-state index in [1.807, 2.05) is 0 Å². The molecule has 1 unspecified atom stereocenters. The van der Waals surface area contributed by atoms with Gasteiger partial charge >= 0.3 is 0 Å². The van der Waals surface area contributed by atoms with Gasteiger partial charge in [0, 0.05) is 6.42 Å². The fourth-order valence-electron chi connectivity index (χ4n) is 3.37. The summed E-state index contributed by atoms with van der Waals surface area (Å²) in [6, 6.07) is 4.17. The lowest BCUT2D eigenvalue weighted by atomic mass is 9.77. The Hall–Kier alpha value is -0.960. The first-order valence-corrected chi connectivity index (χ1v) is 7.72. The second-order valence-corrected chi connectivity index (χ2v) is 6.05. The smallest absolute Gasteiger partial charge is 0.162 e. The van der Waals surface area contributed by atoms with Gasteiger partial charge in [-0.1, -0.05) is 44.7 Å². The second kappa shape index (κ2) is 7.16. The zero-order valence-corrected chi connectivity index (χ0v) is 12.1. The van der Waals surface area contributed by atoms with E-state index in [2.05, 4.69) is 6.92 Å². The Kier molecular flexibility index (Phi) is 5.53. The SMILES string of the molecule is CCCC1CCC(C(O)Cc2cccc(F)c2F)CC1. The van der Waals surface area contributed by atoms with Crippen LogP contribution in [-0.4, -0.2) is 11.2 Å². The van der Waals surface area contributed by atoms with Crippen molar-refractivity contribution in [2.45, 2.75) is 58.0 Å². The van der Waals surface area contributed by atoms with Crippen molar-refractivity contribution in [1.82, 2.24) is 0 Å². The van der Waals surface area contributed by atoms with Crippen LogP contribution in [0.15, 0.2) is 18.2 Å². The monoisotopic (exact) mass is 282 g/mol. The van der Waals surface area contributed by atoms with E-state index >= 15 is 0 Å². The molecule has 1 aliphatic carbocycles. The topological polar surface area (TPSA) is 20.2 Å². The molecule has 0 bridgehead atoms. The van der Waals surface area contributed by atoms with Gasteiger partial charge in [-0.15, -0.1) is 0 Å². The molecule has 1 nitrogen and oxygen atoms in total. The molecule has 0 amide bonds. The Morgan fingerprint density at radius 3 is 2.55 bits per heavy atom. The Bertz CT molecular complexity index is 425. The van der Waals surface area contributed by atoms with Crippen molar-refractivity contribution in [2.24, 2.45) is 11.8 Å². The molecular formula is C17H24F2O. The minimum atomic E-state index is -0.832. The summed E-state index contributed by atoms with van der Waals surface area (Å²) in [6.07, 6.45) is 6.45. The fraction of sp³-hybridized carbons (Fsp3) is 0.647. The minimum absolute atomic E-state index is 0.215. The molecule has 0 aromatic heterocycles. The molecule has 3 heteroatoms. The Morgan fingerprint density at radius 1 is 1.20 bits per heavy atom. The maximum Gasteiger partial charge on any atom is 0.162 e. The van der Waals surface area contributed by atoms with Gasteiger partial charge in [-0.05, 0) is 36.3 Å². The van der Waals surface area contributed by atoms with Crippen LogP contribution < -0.4 is 0 Å². The summed E-state index contributed by atoms with van der Waals surface area (Å²) in [7, 11) is 0. The number of hydrogen-bond donors (Lipinski definition) is 1. The summed E-state index contributed by atoms with van der Waals surface area (Å²) in [5.74, 6) is -0.632. The van der Waals surface area contributed by atoms with Crippen molar-refractivity contribution in [3.63, 3.8) is 0 Å². The molecule has 0 aliphatic heterocycles. The summed E-state index contributed by atoms with van der Waals surface area (Å²) >= 11 is 0. The summed E-state index contributed by atoms with van der Waals surface area (Å²) in [5, 5.41) is 10.3. The molecule has 0 saturated heterocycles. The molecule has 20 heavy (non-hydrogen) atoms. The molecule has 0 spiro atoms. The lowest BCUT2D eigenvalue weighted by Gasteiger charge is -2.31. The van der Waals surface area contributed by atoms with Crippen molar-refractivity contribution >= 4 is 0 Å². The van der Waals surface area contributed by atoms with Crippen LogP contribution in [0.4, 0.5) is 8.78 Å². The molecule has 112 valence electrons. The average molecular weight is 282 g/mol. The molecule has 1 fully saturated rings. The van der Waals surface area contributed by atoms with Gasteiger partial charge in [0.25, 0.3) is 0 Å². The Labute approximate surface area is 120 Å². The molecule has 0 heterocycles. The third-order valence-electron chi connectivity index (χ3n) is 4.59. The van der Waals surface area contributed by atoms with Crippen LogP contribution in [-0.2, 0) is 6.42 Å². The van der Waals surface area contributed by atoms with Crippen LogP contribution in [0.5, 0.6) is 0 Å². The molecular weight excluding hydrogens is 258 g/mol. The van der Waals surface area contributed by atoms with Crippen LogP contribution >= 0.6 is 0 Å². The average Bonchev–Trinajstić information content (AvgIpc) is 2.45. The van der Waals surface area contributed by atoms with Crippen LogP contribution in [0.25, 0.3) is 0 Å². The van der Waals surface area contributed by atoms with Crippen molar-refractivity contribution in [3.05, 3.63) is 35.4 Å². The van der Waals surface area contributed by atoms with Crippen molar-refractivity contribution in [3.8, 4) is 0 Å². The van der Waals surface area contributed by atoms with E-state index in [1.165, 1.54) is 18.9 Å². The molecule has 1 saturated carbocycles. The van der Waals surface area contributed by atoms with Crippen LogP contribution in [0.1, 0.15) is 51.0 Å².